The highest BCUT2D eigenvalue weighted by molar-refractivity contribution is 7.52. The van der Waals surface area contributed by atoms with Gasteiger partial charge in [0, 0.05) is 26.7 Å². The van der Waals surface area contributed by atoms with E-state index in [1.165, 1.54) is 13.4 Å². The van der Waals surface area contributed by atoms with Crippen LogP contribution >= 0.6 is 7.60 Å². The fraction of sp³-hybridized carbons (Fsp3) is 0.571. The molecule has 0 aromatic carbocycles. The van der Waals surface area contributed by atoms with Gasteiger partial charge in [0.1, 0.15) is 12.7 Å². The molecule has 2 aromatic heterocycles. The van der Waals surface area contributed by atoms with E-state index in [-0.39, 0.29) is 13.0 Å². The number of fused-ring (bicyclic) bond motifs is 1. The second-order valence-corrected chi connectivity index (χ2v) is 7.03. The predicted molar refractivity (Wildman–Crippen MR) is 94.0 cm³/mol. The summed E-state index contributed by atoms with van der Waals surface area (Å²) in [7, 11) is -2.49. The molecule has 25 heavy (non-hydrogen) atoms. The molecule has 0 aliphatic rings. The van der Waals surface area contributed by atoms with Crippen molar-refractivity contribution in [2.75, 3.05) is 33.2 Å². The average Bonchev–Trinajstić information content (AvgIpc) is 3.03. The Kier molecular flexibility index (Phi) is 7.01. The number of aliphatic imine (C=N–C) groups is 1. The van der Waals surface area contributed by atoms with Crippen molar-refractivity contribution < 1.29 is 18.7 Å². The Hall–Kier alpha value is -1.87. The highest BCUT2D eigenvalue weighted by Crippen LogP contribution is 2.40. The maximum absolute atomic E-state index is 11.3. The molecule has 0 aliphatic heterocycles. The van der Waals surface area contributed by atoms with Crippen LogP contribution in [0.2, 0.25) is 0 Å². The van der Waals surface area contributed by atoms with Gasteiger partial charge in [0.2, 0.25) is 0 Å². The molecule has 138 valence electrons. The van der Waals surface area contributed by atoms with Gasteiger partial charge in [-0.1, -0.05) is 0 Å². The van der Waals surface area contributed by atoms with Gasteiger partial charge in [0.25, 0.3) is 0 Å². The van der Waals surface area contributed by atoms with Crippen molar-refractivity contribution in [2.24, 2.45) is 4.99 Å². The van der Waals surface area contributed by atoms with E-state index < -0.39 is 7.60 Å². The maximum Gasteiger partial charge on any atom is 0.353 e. The monoisotopic (exact) mass is 370 g/mol. The molecule has 0 amide bonds. The Labute approximate surface area is 146 Å². The van der Waals surface area contributed by atoms with E-state index >= 15 is 0 Å². The van der Waals surface area contributed by atoms with Crippen molar-refractivity contribution in [3.05, 3.63) is 12.7 Å². The van der Waals surface area contributed by atoms with E-state index in [1.807, 2.05) is 4.90 Å². The largest absolute Gasteiger partial charge is 0.367 e. The average molecular weight is 370 g/mol. The predicted octanol–water partition coefficient (Wildman–Crippen LogP) is 1.63. The van der Waals surface area contributed by atoms with Gasteiger partial charge >= 0.3 is 7.60 Å². The van der Waals surface area contributed by atoms with Gasteiger partial charge in [-0.3, -0.25) is 4.57 Å². The summed E-state index contributed by atoms with van der Waals surface area (Å²) in [5, 5.41) is 0. The fourth-order valence-corrected chi connectivity index (χ4v) is 2.51. The van der Waals surface area contributed by atoms with Crippen molar-refractivity contribution >= 4 is 30.9 Å². The minimum atomic E-state index is -3.66. The highest BCUT2D eigenvalue weighted by Gasteiger charge is 2.17. The molecule has 0 saturated heterocycles. The molecule has 1 unspecified atom stereocenters. The van der Waals surface area contributed by atoms with E-state index in [2.05, 4.69) is 38.3 Å². The summed E-state index contributed by atoms with van der Waals surface area (Å²) >= 11 is 0. The van der Waals surface area contributed by atoms with E-state index in [0.717, 1.165) is 13.1 Å². The Morgan fingerprint density at radius 2 is 2.12 bits per heavy atom. The minimum absolute atomic E-state index is 0.224. The molecule has 11 heteroatoms. The smallest absolute Gasteiger partial charge is 0.353 e. The number of ether oxygens (including phenoxy) is 1. The number of rotatable bonds is 10. The van der Waals surface area contributed by atoms with E-state index in [1.54, 1.807) is 17.2 Å². The van der Waals surface area contributed by atoms with Crippen molar-refractivity contribution in [3.63, 3.8) is 0 Å². The van der Waals surface area contributed by atoms with Gasteiger partial charge in [0.15, 0.2) is 17.0 Å². The Bertz CT molecular complexity index is 761. The van der Waals surface area contributed by atoms with E-state index in [9.17, 15) is 9.46 Å². The van der Waals surface area contributed by atoms with Gasteiger partial charge in [-0.2, -0.15) is 0 Å². The maximum atomic E-state index is 11.3. The molecule has 0 radical (unpaired) electrons. The highest BCUT2D eigenvalue weighted by atomic mass is 31.2. The van der Waals surface area contributed by atoms with Gasteiger partial charge in [-0.15, -0.1) is 0 Å². The minimum Gasteiger partial charge on any atom is -0.367 e. The first kappa shape index (κ1) is 19.5. The van der Waals surface area contributed by atoms with E-state index in [0.29, 0.717) is 23.5 Å². The van der Waals surface area contributed by atoms with Crippen LogP contribution in [0.3, 0.4) is 0 Å². The Balaban J connectivity index is 2.06. The van der Waals surface area contributed by atoms with Crippen molar-refractivity contribution in [1.29, 1.82) is 0 Å². The lowest BCUT2D eigenvalue weighted by atomic mass is 10.5. The second-order valence-electron chi connectivity index (χ2n) is 5.13. The summed E-state index contributed by atoms with van der Waals surface area (Å²) in [4.78, 5) is 28.4. The summed E-state index contributed by atoms with van der Waals surface area (Å²) in [6.07, 6.45) is 4.44. The zero-order valence-electron chi connectivity index (χ0n) is 14.6. The first-order valence-corrected chi connectivity index (χ1v) is 9.66. The molecule has 2 rings (SSSR count). The third kappa shape index (κ3) is 5.30. The number of aromatic nitrogens is 4. The van der Waals surface area contributed by atoms with Crippen LogP contribution in [-0.4, -0.2) is 68.8 Å². The van der Waals surface area contributed by atoms with E-state index in [4.69, 9.17) is 4.74 Å². The Morgan fingerprint density at radius 1 is 1.36 bits per heavy atom. The second kappa shape index (κ2) is 9.00. The molecule has 2 heterocycles. The molecule has 2 aromatic rings. The lowest BCUT2D eigenvalue weighted by molar-refractivity contribution is 0.144. The fourth-order valence-electron chi connectivity index (χ4n) is 2.05. The third-order valence-corrected chi connectivity index (χ3v) is 4.63. The van der Waals surface area contributed by atoms with Crippen LogP contribution in [0.1, 0.15) is 13.8 Å². The number of hydrogen-bond acceptors (Lipinski definition) is 7. The number of nitrogens with zero attached hydrogens (tertiary/aromatic N) is 6. The van der Waals surface area contributed by atoms with Crippen LogP contribution in [0.25, 0.3) is 11.2 Å². The molecule has 0 spiro atoms. The summed E-state index contributed by atoms with van der Waals surface area (Å²) in [6.45, 7) is 6.47. The van der Waals surface area contributed by atoms with Crippen molar-refractivity contribution in [1.82, 2.24) is 24.4 Å². The van der Waals surface area contributed by atoms with Crippen LogP contribution in [0.4, 0.5) is 5.82 Å². The first-order chi connectivity index (χ1) is 12.0. The first-order valence-electron chi connectivity index (χ1n) is 7.90. The number of imidazole rings is 1. The van der Waals surface area contributed by atoms with Gasteiger partial charge < -0.3 is 23.6 Å². The molecule has 1 atom stereocenters. The summed E-state index contributed by atoms with van der Waals surface area (Å²) < 4.78 is 22.7. The molecule has 0 saturated carbocycles. The molecule has 0 bridgehead atoms. The summed E-state index contributed by atoms with van der Waals surface area (Å²) in [6, 6.07) is 0. The van der Waals surface area contributed by atoms with Crippen LogP contribution in [0.15, 0.2) is 17.6 Å². The zero-order valence-corrected chi connectivity index (χ0v) is 15.5. The topological polar surface area (TPSA) is 115 Å². The molecule has 0 fully saturated rings. The molecule has 0 aliphatic carbocycles. The van der Waals surface area contributed by atoms with Crippen molar-refractivity contribution in [2.45, 2.75) is 20.4 Å². The van der Waals surface area contributed by atoms with Crippen molar-refractivity contribution in [3.8, 4) is 0 Å². The quantitative estimate of drug-likeness (QED) is 0.290. The van der Waals surface area contributed by atoms with Gasteiger partial charge in [0.05, 0.1) is 19.3 Å². The Morgan fingerprint density at radius 3 is 2.80 bits per heavy atom. The molecule has 10 nitrogen and oxygen atoms in total. The molecular formula is C14H23N6O4P. The van der Waals surface area contributed by atoms with Gasteiger partial charge in [-0.25, -0.2) is 19.9 Å². The van der Waals surface area contributed by atoms with Crippen LogP contribution in [-0.2, 0) is 20.4 Å². The van der Waals surface area contributed by atoms with Crippen LogP contribution in [0.5, 0.6) is 0 Å². The van der Waals surface area contributed by atoms with Crippen LogP contribution in [0, 0.1) is 0 Å². The zero-order chi connectivity index (χ0) is 18.3. The third-order valence-electron chi connectivity index (χ3n) is 3.55. The summed E-state index contributed by atoms with van der Waals surface area (Å²) in [5.74, 6) is 0.496. The summed E-state index contributed by atoms with van der Waals surface area (Å²) in [5.41, 5.74) is 1.22. The normalized spacial score (nSPS) is 14.2. The molecule has 1 N–H and O–H groups in total. The number of hydrogen-bond donors (Lipinski definition) is 1. The van der Waals surface area contributed by atoms with Gasteiger partial charge in [-0.05, 0) is 13.8 Å². The lowest BCUT2D eigenvalue weighted by Crippen LogP contribution is -2.20. The lowest BCUT2D eigenvalue weighted by Gasteiger charge is -2.13. The molecular weight excluding hydrogens is 347 g/mol. The SMILES string of the molecule is CCN(C=Nc1ncnc2c1ncn2CCOCP(=O)(O)OC)CC. The van der Waals surface area contributed by atoms with Crippen LogP contribution < -0.4 is 0 Å². The standard InChI is InChI=1S/C14H23N6O4P/c1-4-19(5-2)9-18-13-12-14(16-8-15-13)20(10-17-12)6-7-24-11-25(21,22)23-3/h8-10H,4-7,11H2,1-3H3,(H,21,22).